The Hall–Kier alpha value is -2.37. The Morgan fingerprint density at radius 3 is 2.37 bits per heavy atom. The molecule has 3 aromatic rings. The third-order valence-electron chi connectivity index (χ3n) is 4.30. The highest BCUT2D eigenvalue weighted by atomic mass is 35.5. The van der Waals surface area contributed by atoms with Crippen LogP contribution >= 0.6 is 22.9 Å². The van der Waals surface area contributed by atoms with Gasteiger partial charge in [0, 0.05) is 16.0 Å². The van der Waals surface area contributed by atoms with Gasteiger partial charge in [-0.2, -0.15) is 0 Å². The zero-order valence-electron chi connectivity index (χ0n) is 15.4. The van der Waals surface area contributed by atoms with Gasteiger partial charge in [0.15, 0.2) is 5.13 Å². The molecule has 0 radical (unpaired) electrons. The van der Waals surface area contributed by atoms with Crippen LogP contribution in [0.15, 0.2) is 53.9 Å². The maximum atomic E-state index is 12.9. The first-order valence-electron chi connectivity index (χ1n) is 8.64. The summed E-state index contributed by atoms with van der Waals surface area (Å²) in [6.07, 6.45) is 0. The Labute approximate surface area is 168 Å². The molecule has 140 valence electrons. The molecular weight excluding hydrogens is 380 g/mol. The topological polar surface area (TPSA) is 51.2 Å². The summed E-state index contributed by atoms with van der Waals surface area (Å²) in [6.45, 7) is 4.06. The summed E-state index contributed by atoms with van der Waals surface area (Å²) in [7, 11) is 1.64. The Morgan fingerprint density at radius 2 is 1.78 bits per heavy atom. The van der Waals surface area contributed by atoms with E-state index in [2.05, 4.69) is 10.3 Å². The van der Waals surface area contributed by atoms with Crippen molar-refractivity contribution in [3.8, 4) is 17.0 Å². The lowest BCUT2D eigenvalue weighted by atomic mass is 9.88. The van der Waals surface area contributed by atoms with Crippen LogP contribution in [-0.2, 0) is 4.79 Å². The van der Waals surface area contributed by atoms with Crippen LogP contribution < -0.4 is 10.1 Å². The van der Waals surface area contributed by atoms with Crippen LogP contribution in [0.3, 0.4) is 0 Å². The molecule has 0 aliphatic carbocycles. The monoisotopic (exact) mass is 400 g/mol. The number of hydrogen-bond acceptors (Lipinski definition) is 4. The number of methoxy groups -OCH3 is 1. The first kappa shape index (κ1) is 19.4. The van der Waals surface area contributed by atoms with Gasteiger partial charge in [0.05, 0.1) is 18.7 Å². The number of nitrogens with zero attached hydrogens (tertiary/aromatic N) is 1. The lowest BCUT2D eigenvalue weighted by Gasteiger charge is -2.20. The molecule has 1 aromatic heterocycles. The molecule has 0 bridgehead atoms. The van der Waals surface area contributed by atoms with Crippen LogP contribution in [0.5, 0.6) is 5.75 Å². The molecule has 3 rings (SSSR count). The standard InChI is InChI=1S/C21H21ClN2O2S/c1-13(2)19(15-4-8-16(22)9-5-15)20(25)24-21-23-18(12-27-21)14-6-10-17(26-3)11-7-14/h4-13,19H,1-3H3,(H,23,24,25)/t19-/m1/s1. The van der Waals surface area contributed by atoms with Gasteiger partial charge in [-0.05, 0) is 47.9 Å². The van der Waals surface area contributed by atoms with Crippen LogP contribution in [0.2, 0.25) is 5.02 Å². The average molecular weight is 401 g/mol. The molecule has 1 amide bonds. The molecule has 0 fully saturated rings. The zero-order valence-corrected chi connectivity index (χ0v) is 17.0. The quantitative estimate of drug-likeness (QED) is 0.564. The van der Waals surface area contributed by atoms with Gasteiger partial charge < -0.3 is 10.1 Å². The number of aromatic nitrogens is 1. The van der Waals surface area contributed by atoms with Gasteiger partial charge in [-0.1, -0.05) is 37.6 Å². The van der Waals surface area contributed by atoms with Crippen molar-refractivity contribution in [1.82, 2.24) is 4.98 Å². The molecule has 2 aromatic carbocycles. The lowest BCUT2D eigenvalue weighted by Crippen LogP contribution is -2.25. The highest BCUT2D eigenvalue weighted by Crippen LogP contribution is 2.30. The Balaban J connectivity index is 1.76. The van der Waals surface area contributed by atoms with E-state index in [9.17, 15) is 4.79 Å². The smallest absolute Gasteiger partial charge is 0.233 e. The molecule has 4 nitrogen and oxygen atoms in total. The summed E-state index contributed by atoms with van der Waals surface area (Å²) in [5.74, 6) is 0.607. The Morgan fingerprint density at radius 1 is 1.11 bits per heavy atom. The van der Waals surface area contributed by atoms with E-state index in [0.717, 1.165) is 22.6 Å². The van der Waals surface area contributed by atoms with Gasteiger partial charge in [0.2, 0.25) is 5.91 Å². The van der Waals surface area contributed by atoms with E-state index < -0.39 is 0 Å². The van der Waals surface area contributed by atoms with E-state index in [-0.39, 0.29) is 17.7 Å². The second-order valence-electron chi connectivity index (χ2n) is 6.53. The van der Waals surface area contributed by atoms with Crippen LogP contribution in [0.25, 0.3) is 11.3 Å². The van der Waals surface area contributed by atoms with Crippen LogP contribution in [0.1, 0.15) is 25.3 Å². The number of hydrogen-bond donors (Lipinski definition) is 1. The van der Waals surface area contributed by atoms with Gasteiger partial charge in [-0.3, -0.25) is 4.79 Å². The van der Waals surface area contributed by atoms with Crippen LogP contribution in [0, 0.1) is 5.92 Å². The Kier molecular flexibility index (Phi) is 6.14. The van der Waals surface area contributed by atoms with Gasteiger partial charge in [-0.15, -0.1) is 11.3 Å². The minimum Gasteiger partial charge on any atom is -0.497 e. The van der Waals surface area contributed by atoms with Gasteiger partial charge in [-0.25, -0.2) is 4.98 Å². The molecule has 0 saturated carbocycles. The van der Waals surface area contributed by atoms with Crippen molar-refractivity contribution in [2.24, 2.45) is 5.92 Å². The first-order valence-corrected chi connectivity index (χ1v) is 9.90. The minimum absolute atomic E-state index is 0.0667. The normalized spacial score (nSPS) is 12.0. The van der Waals surface area contributed by atoms with E-state index in [0.29, 0.717) is 10.2 Å². The number of nitrogens with one attached hydrogen (secondary N) is 1. The third kappa shape index (κ3) is 4.67. The number of amides is 1. The Bertz CT molecular complexity index is 905. The largest absolute Gasteiger partial charge is 0.497 e. The zero-order chi connectivity index (χ0) is 19.4. The van der Waals surface area contributed by atoms with E-state index in [4.69, 9.17) is 16.3 Å². The first-order chi connectivity index (χ1) is 13.0. The number of halogens is 1. The summed E-state index contributed by atoms with van der Waals surface area (Å²) in [6, 6.07) is 15.1. The van der Waals surface area contributed by atoms with E-state index >= 15 is 0 Å². The second-order valence-corrected chi connectivity index (χ2v) is 7.82. The van der Waals surface area contributed by atoms with Crippen molar-refractivity contribution in [2.45, 2.75) is 19.8 Å². The molecule has 6 heteroatoms. The van der Waals surface area contributed by atoms with Crippen molar-refractivity contribution < 1.29 is 9.53 Å². The SMILES string of the molecule is COc1ccc(-c2csc(NC(=O)[C@@H](c3ccc(Cl)cc3)C(C)C)n2)cc1. The molecule has 0 aliphatic rings. The van der Waals surface area contributed by atoms with Crippen molar-refractivity contribution in [2.75, 3.05) is 12.4 Å². The summed E-state index contributed by atoms with van der Waals surface area (Å²) < 4.78 is 5.18. The highest BCUT2D eigenvalue weighted by Gasteiger charge is 2.25. The summed E-state index contributed by atoms with van der Waals surface area (Å²) in [4.78, 5) is 17.4. The second kappa shape index (κ2) is 8.55. The fourth-order valence-electron chi connectivity index (χ4n) is 2.92. The maximum absolute atomic E-state index is 12.9. The predicted octanol–water partition coefficient (Wildman–Crippen LogP) is 5.85. The molecule has 1 atom stereocenters. The molecule has 0 saturated heterocycles. The number of ether oxygens (including phenoxy) is 1. The maximum Gasteiger partial charge on any atom is 0.233 e. The van der Waals surface area contributed by atoms with Crippen molar-refractivity contribution in [3.05, 3.63) is 64.5 Å². The number of anilines is 1. The highest BCUT2D eigenvalue weighted by molar-refractivity contribution is 7.14. The predicted molar refractivity (Wildman–Crippen MR) is 112 cm³/mol. The lowest BCUT2D eigenvalue weighted by molar-refractivity contribution is -0.118. The molecule has 27 heavy (non-hydrogen) atoms. The van der Waals surface area contributed by atoms with Gasteiger partial charge in [0.25, 0.3) is 0 Å². The van der Waals surface area contributed by atoms with E-state index in [1.807, 2.05) is 67.8 Å². The number of thiazole rings is 1. The van der Waals surface area contributed by atoms with Crippen molar-refractivity contribution >= 4 is 34.0 Å². The fourth-order valence-corrected chi connectivity index (χ4v) is 3.77. The van der Waals surface area contributed by atoms with Gasteiger partial charge >= 0.3 is 0 Å². The molecule has 0 aliphatic heterocycles. The molecule has 1 heterocycles. The summed E-state index contributed by atoms with van der Waals surface area (Å²) in [5.41, 5.74) is 2.75. The van der Waals surface area contributed by atoms with Crippen LogP contribution in [-0.4, -0.2) is 18.0 Å². The van der Waals surface area contributed by atoms with Gasteiger partial charge in [0.1, 0.15) is 5.75 Å². The minimum atomic E-state index is -0.268. The van der Waals surface area contributed by atoms with Crippen molar-refractivity contribution in [3.63, 3.8) is 0 Å². The summed E-state index contributed by atoms with van der Waals surface area (Å²) in [5, 5.41) is 6.14. The molecule has 0 spiro atoms. The number of carbonyl (C=O) groups excluding carboxylic acids is 1. The fraction of sp³-hybridized carbons (Fsp3) is 0.238. The van der Waals surface area contributed by atoms with E-state index in [1.165, 1.54) is 11.3 Å². The van der Waals surface area contributed by atoms with Crippen molar-refractivity contribution in [1.29, 1.82) is 0 Å². The average Bonchev–Trinajstić information content (AvgIpc) is 3.11. The summed E-state index contributed by atoms with van der Waals surface area (Å²) >= 11 is 7.38. The molecule has 1 N–H and O–H groups in total. The van der Waals surface area contributed by atoms with E-state index in [1.54, 1.807) is 7.11 Å². The number of carbonyl (C=O) groups is 1. The number of rotatable bonds is 6. The molecular formula is C21H21ClN2O2S. The third-order valence-corrected chi connectivity index (χ3v) is 5.31. The molecule has 0 unspecified atom stereocenters. The van der Waals surface area contributed by atoms with Crippen LogP contribution in [0.4, 0.5) is 5.13 Å². The number of benzene rings is 2.